The monoisotopic (exact) mass is 501 g/mol. The molecule has 0 saturated carbocycles. The molecule has 3 heterocycles. The summed E-state index contributed by atoms with van der Waals surface area (Å²) in [5, 5.41) is 0.381. The number of para-hydroxylation sites is 1. The zero-order valence-corrected chi connectivity index (χ0v) is 20.1. The molecule has 2 aliphatic rings. The van der Waals surface area contributed by atoms with E-state index in [0.717, 1.165) is 5.56 Å². The van der Waals surface area contributed by atoms with Crippen molar-refractivity contribution in [3.8, 4) is 5.75 Å². The standard InChI is InChI=1S/C28H23NO6S/c30-26-22-11-4-5-12-23(22)35-27-24(26)25(29(28(27)31)20-13-14-36(32,33)17-20)19-9-6-10-21(15-19)34-16-18-7-2-1-3-8-18/h1-12,15,20,25H,13-14,16-17H2/t20-,25+/m1/s1. The maximum absolute atomic E-state index is 13.6. The van der Waals surface area contributed by atoms with Crippen molar-refractivity contribution in [2.75, 3.05) is 11.5 Å². The molecule has 4 aromatic rings. The number of nitrogens with zero attached hydrogens (tertiary/aromatic N) is 1. The van der Waals surface area contributed by atoms with Gasteiger partial charge in [-0.25, -0.2) is 8.42 Å². The van der Waals surface area contributed by atoms with E-state index in [-0.39, 0.29) is 28.3 Å². The smallest absolute Gasteiger partial charge is 0.291 e. The third-order valence-electron chi connectivity index (χ3n) is 6.84. The highest BCUT2D eigenvalue weighted by atomic mass is 32.2. The Kier molecular flexibility index (Phi) is 5.41. The number of hydrogen-bond acceptors (Lipinski definition) is 6. The van der Waals surface area contributed by atoms with Gasteiger partial charge in [0.05, 0.1) is 28.5 Å². The second kappa shape index (κ2) is 8.64. The summed E-state index contributed by atoms with van der Waals surface area (Å²) >= 11 is 0. The molecule has 8 heteroatoms. The second-order valence-corrected chi connectivity index (χ2v) is 11.4. The second-order valence-electron chi connectivity index (χ2n) is 9.19. The number of carbonyl (C=O) groups is 1. The summed E-state index contributed by atoms with van der Waals surface area (Å²) in [5.41, 5.74) is 1.95. The van der Waals surface area contributed by atoms with Crippen LogP contribution >= 0.6 is 0 Å². The van der Waals surface area contributed by atoms with Crippen molar-refractivity contribution in [2.45, 2.75) is 25.1 Å². The molecule has 7 nitrogen and oxygen atoms in total. The number of rotatable bonds is 5. The van der Waals surface area contributed by atoms with Crippen LogP contribution < -0.4 is 10.2 Å². The van der Waals surface area contributed by atoms with Crippen molar-refractivity contribution in [2.24, 2.45) is 0 Å². The van der Waals surface area contributed by atoms with Gasteiger partial charge in [-0.2, -0.15) is 0 Å². The van der Waals surface area contributed by atoms with Gasteiger partial charge in [0.15, 0.2) is 15.3 Å². The summed E-state index contributed by atoms with van der Waals surface area (Å²) in [5.74, 6) is -0.0320. The van der Waals surface area contributed by atoms with Gasteiger partial charge in [0.2, 0.25) is 5.76 Å². The molecule has 0 bridgehead atoms. The Morgan fingerprint density at radius 2 is 1.72 bits per heavy atom. The molecule has 2 aliphatic heterocycles. The summed E-state index contributed by atoms with van der Waals surface area (Å²) in [6.45, 7) is 0.363. The minimum Gasteiger partial charge on any atom is -0.489 e. The molecule has 0 radical (unpaired) electrons. The Bertz CT molecular complexity index is 1640. The molecule has 1 saturated heterocycles. The molecule has 3 aromatic carbocycles. The van der Waals surface area contributed by atoms with E-state index in [0.29, 0.717) is 35.3 Å². The van der Waals surface area contributed by atoms with Gasteiger partial charge in [-0.05, 0) is 41.8 Å². The van der Waals surface area contributed by atoms with Gasteiger partial charge in [0.25, 0.3) is 5.91 Å². The Morgan fingerprint density at radius 3 is 2.50 bits per heavy atom. The predicted molar refractivity (Wildman–Crippen MR) is 135 cm³/mol. The zero-order valence-electron chi connectivity index (χ0n) is 19.3. The fourth-order valence-corrected chi connectivity index (χ4v) is 6.86. The van der Waals surface area contributed by atoms with Crippen LogP contribution in [0, 0.1) is 0 Å². The Hall–Kier alpha value is -3.91. The number of ether oxygens (including phenoxy) is 1. The predicted octanol–water partition coefficient (Wildman–Crippen LogP) is 4.10. The maximum Gasteiger partial charge on any atom is 0.291 e. The van der Waals surface area contributed by atoms with Crippen molar-refractivity contribution < 1.29 is 22.4 Å². The number of sulfone groups is 1. The van der Waals surface area contributed by atoms with Crippen LogP contribution in [-0.4, -0.2) is 36.8 Å². The lowest BCUT2D eigenvalue weighted by Gasteiger charge is -2.30. The van der Waals surface area contributed by atoms with E-state index in [9.17, 15) is 18.0 Å². The highest BCUT2D eigenvalue weighted by Gasteiger charge is 2.48. The first-order chi connectivity index (χ1) is 17.4. The molecule has 6 rings (SSSR count). The molecule has 0 spiro atoms. The van der Waals surface area contributed by atoms with Gasteiger partial charge < -0.3 is 14.1 Å². The Labute approximate surface area is 207 Å². The van der Waals surface area contributed by atoms with Crippen molar-refractivity contribution in [1.82, 2.24) is 4.90 Å². The highest BCUT2D eigenvalue weighted by molar-refractivity contribution is 7.91. The minimum atomic E-state index is -3.27. The van der Waals surface area contributed by atoms with Crippen LogP contribution in [-0.2, 0) is 16.4 Å². The molecule has 0 N–H and O–H groups in total. The van der Waals surface area contributed by atoms with Crippen molar-refractivity contribution in [1.29, 1.82) is 0 Å². The molecule has 2 atom stereocenters. The van der Waals surface area contributed by atoms with Gasteiger partial charge in [-0.15, -0.1) is 0 Å². The molecule has 182 valence electrons. The summed E-state index contributed by atoms with van der Waals surface area (Å²) in [6, 6.07) is 22.5. The fourth-order valence-electron chi connectivity index (χ4n) is 5.15. The van der Waals surface area contributed by atoms with Crippen LogP contribution in [0.1, 0.15) is 39.7 Å². The molecule has 0 aliphatic carbocycles. The SMILES string of the molecule is O=C1c2oc3ccccc3c(=O)c2[C@H](c2cccc(OCc3ccccc3)c2)N1[C@@H]1CCS(=O)(=O)C1. The third-order valence-corrected chi connectivity index (χ3v) is 8.59. The van der Waals surface area contributed by atoms with E-state index in [1.165, 1.54) is 4.90 Å². The van der Waals surface area contributed by atoms with Crippen molar-refractivity contribution >= 4 is 26.7 Å². The van der Waals surface area contributed by atoms with Crippen LogP contribution in [0.5, 0.6) is 5.75 Å². The summed E-state index contributed by atoms with van der Waals surface area (Å²) in [4.78, 5) is 28.8. The normalized spacial score (nSPS) is 20.6. The summed E-state index contributed by atoms with van der Waals surface area (Å²) < 4.78 is 36.6. The van der Waals surface area contributed by atoms with Gasteiger partial charge in [0, 0.05) is 6.04 Å². The molecule has 1 fully saturated rings. The average Bonchev–Trinajstić information content (AvgIpc) is 3.40. The first kappa shape index (κ1) is 22.5. The quantitative estimate of drug-likeness (QED) is 0.409. The lowest BCUT2D eigenvalue weighted by molar-refractivity contribution is 0.0662. The van der Waals surface area contributed by atoms with Crippen LogP contribution in [0.25, 0.3) is 11.0 Å². The number of carbonyl (C=O) groups excluding carboxylic acids is 1. The van der Waals surface area contributed by atoms with E-state index in [4.69, 9.17) is 9.15 Å². The van der Waals surface area contributed by atoms with Gasteiger partial charge in [-0.3, -0.25) is 9.59 Å². The van der Waals surface area contributed by atoms with Gasteiger partial charge >= 0.3 is 0 Å². The molecular formula is C28H23NO6S. The molecule has 1 amide bonds. The fraction of sp³-hybridized carbons (Fsp3) is 0.214. The van der Waals surface area contributed by atoms with Gasteiger partial charge in [-0.1, -0.05) is 54.6 Å². The summed E-state index contributed by atoms with van der Waals surface area (Å²) in [6.07, 6.45) is 0.316. The molecular weight excluding hydrogens is 478 g/mol. The van der Waals surface area contributed by atoms with Crippen molar-refractivity contribution in [3.63, 3.8) is 0 Å². The van der Waals surface area contributed by atoms with E-state index >= 15 is 0 Å². The Morgan fingerprint density at radius 1 is 0.944 bits per heavy atom. The van der Waals surface area contributed by atoms with E-state index in [1.807, 2.05) is 48.5 Å². The van der Waals surface area contributed by atoms with Crippen LogP contribution in [0.15, 0.2) is 88.1 Å². The first-order valence-electron chi connectivity index (χ1n) is 11.8. The molecule has 36 heavy (non-hydrogen) atoms. The van der Waals surface area contributed by atoms with Crippen LogP contribution in [0.4, 0.5) is 0 Å². The van der Waals surface area contributed by atoms with Crippen LogP contribution in [0.3, 0.4) is 0 Å². The number of fused-ring (bicyclic) bond motifs is 2. The minimum absolute atomic E-state index is 0.00802. The zero-order chi connectivity index (χ0) is 24.9. The Balaban J connectivity index is 1.46. The topological polar surface area (TPSA) is 93.9 Å². The lowest BCUT2D eigenvalue weighted by atomic mass is 9.97. The number of hydrogen-bond donors (Lipinski definition) is 0. The van der Waals surface area contributed by atoms with E-state index in [1.54, 1.807) is 30.3 Å². The molecule has 0 unspecified atom stereocenters. The average molecular weight is 502 g/mol. The first-order valence-corrected chi connectivity index (χ1v) is 13.6. The largest absolute Gasteiger partial charge is 0.489 e. The van der Waals surface area contributed by atoms with E-state index < -0.39 is 27.8 Å². The number of amides is 1. The number of benzene rings is 3. The molecule has 1 aromatic heterocycles. The van der Waals surface area contributed by atoms with Crippen molar-refractivity contribution in [3.05, 3.63) is 112 Å². The van der Waals surface area contributed by atoms with E-state index in [2.05, 4.69) is 0 Å². The lowest BCUT2D eigenvalue weighted by Crippen LogP contribution is -2.40. The maximum atomic E-state index is 13.6. The third kappa shape index (κ3) is 3.87. The van der Waals surface area contributed by atoms with Crippen LogP contribution in [0.2, 0.25) is 0 Å². The summed E-state index contributed by atoms with van der Waals surface area (Å²) in [7, 11) is -3.27. The van der Waals surface area contributed by atoms with Gasteiger partial charge in [0.1, 0.15) is 17.9 Å². The highest BCUT2D eigenvalue weighted by Crippen LogP contribution is 2.42.